The fourth-order valence-corrected chi connectivity index (χ4v) is 3.02. The molecule has 0 bridgehead atoms. The second-order valence-electron chi connectivity index (χ2n) is 6.50. The lowest BCUT2D eigenvalue weighted by Gasteiger charge is -2.43. The summed E-state index contributed by atoms with van der Waals surface area (Å²) in [6.07, 6.45) is 1.15. The molecule has 3 nitrogen and oxygen atoms in total. The summed E-state index contributed by atoms with van der Waals surface area (Å²) in [7, 11) is 2.23. The fourth-order valence-electron chi connectivity index (χ4n) is 3.02. The van der Waals surface area contributed by atoms with Gasteiger partial charge in [0.25, 0.3) is 0 Å². The third-order valence-electron chi connectivity index (χ3n) is 4.79. The van der Waals surface area contributed by atoms with Gasteiger partial charge < -0.3 is 10.1 Å². The average Bonchev–Trinajstić information content (AvgIpc) is 2.50. The van der Waals surface area contributed by atoms with Gasteiger partial charge in [0.2, 0.25) is 0 Å². The Morgan fingerprint density at radius 2 is 2.00 bits per heavy atom. The number of ether oxygens (including phenoxy) is 1. The molecule has 1 heterocycles. The molecule has 2 rings (SSSR count). The van der Waals surface area contributed by atoms with Gasteiger partial charge in [0.1, 0.15) is 12.4 Å². The fraction of sp³-hybridized carbons (Fsp3) is 0.667. The summed E-state index contributed by atoms with van der Waals surface area (Å²) in [5.74, 6) is 1.67. The summed E-state index contributed by atoms with van der Waals surface area (Å²) in [5.41, 5.74) is 1.30. The summed E-state index contributed by atoms with van der Waals surface area (Å²) < 4.78 is 6.02. The number of hydrogen-bond acceptors (Lipinski definition) is 3. The van der Waals surface area contributed by atoms with Crippen molar-refractivity contribution in [2.75, 3.05) is 20.2 Å². The summed E-state index contributed by atoms with van der Waals surface area (Å²) in [6.45, 7) is 10.9. The van der Waals surface area contributed by atoms with Crippen LogP contribution in [0.3, 0.4) is 0 Å². The van der Waals surface area contributed by atoms with E-state index in [4.69, 9.17) is 4.74 Å². The highest BCUT2D eigenvalue weighted by atomic mass is 16.5. The van der Waals surface area contributed by atoms with Gasteiger partial charge in [0.05, 0.1) is 12.1 Å². The normalized spacial score (nSPS) is 23.0. The Kier molecular flexibility index (Phi) is 5.65. The van der Waals surface area contributed by atoms with Crippen molar-refractivity contribution in [3.05, 3.63) is 29.8 Å². The van der Waals surface area contributed by atoms with Crippen LogP contribution in [0.4, 0.5) is 0 Å². The smallest absolute Gasteiger partial charge is 0.124 e. The highest BCUT2D eigenvalue weighted by Crippen LogP contribution is 2.34. The predicted molar refractivity (Wildman–Crippen MR) is 88.8 cm³/mol. The van der Waals surface area contributed by atoms with Crippen molar-refractivity contribution in [1.82, 2.24) is 10.2 Å². The van der Waals surface area contributed by atoms with Gasteiger partial charge in [-0.25, -0.2) is 0 Å². The number of nitrogens with one attached hydrogen (secondary N) is 1. The van der Waals surface area contributed by atoms with Crippen molar-refractivity contribution in [2.24, 2.45) is 5.92 Å². The zero-order valence-electron chi connectivity index (χ0n) is 14.1. The molecule has 1 aromatic rings. The van der Waals surface area contributed by atoms with Gasteiger partial charge in [-0.2, -0.15) is 0 Å². The molecule has 0 saturated heterocycles. The van der Waals surface area contributed by atoms with E-state index >= 15 is 0 Å². The molecule has 118 valence electrons. The molecular formula is C18H30N2O. The number of benzene rings is 1. The predicted octanol–water partition coefficient (Wildman–Crippen LogP) is 3.46. The molecule has 0 amide bonds. The van der Waals surface area contributed by atoms with E-state index < -0.39 is 0 Å². The third-order valence-corrected chi connectivity index (χ3v) is 4.79. The topological polar surface area (TPSA) is 24.5 Å². The van der Waals surface area contributed by atoms with Crippen LogP contribution in [0.5, 0.6) is 5.75 Å². The van der Waals surface area contributed by atoms with Crippen molar-refractivity contribution < 1.29 is 4.74 Å². The van der Waals surface area contributed by atoms with Crippen LogP contribution in [0, 0.1) is 5.92 Å². The zero-order valence-corrected chi connectivity index (χ0v) is 14.1. The Labute approximate surface area is 129 Å². The molecule has 0 saturated carbocycles. The van der Waals surface area contributed by atoms with Gasteiger partial charge in [0, 0.05) is 11.6 Å². The summed E-state index contributed by atoms with van der Waals surface area (Å²) in [5, 5.41) is 3.73. The van der Waals surface area contributed by atoms with E-state index in [2.05, 4.69) is 69.2 Å². The third kappa shape index (κ3) is 3.58. The Morgan fingerprint density at radius 1 is 1.29 bits per heavy atom. The zero-order chi connectivity index (χ0) is 15.4. The minimum atomic E-state index is 0.348. The van der Waals surface area contributed by atoms with Gasteiger partial charge in [-0.05, 0) is 38.9 Å². The molecule has 0 aromatic heterocycles. The molecule has 1 aliphatic rings. The van der Waals surface area contributed by atoms with Gasteiger partial charge in [-0.1, -0.05) is 39.0 Å². The standard InChI is InChI=1S/C18H30N2O/c1-6-11-19-18-15-9-7-8-10-17(15)21-12-16(18)20(5)14(4)13(2)3/h7-10,13-14,16,18-19H,6,11-12H2,1-5H3. The lowest BCUT2D eigenvalue weighted by Crippen LogP contribution is -2.52. The quantitative estimate of drug-likeness (QED) is 0.868. The van der Waals surface area contributed by atoms with Crippen LogP contribution < -0.4 is 10.1 Å². The van der Waals surface area contributed by atoms with Crippen LogP contribution in [-0.4, -0.2) is 37.2 Å². The number of nitrogens with zero attached hydrogens (tertiary/aromatic N) is 1. The van der Waals surface area contributed by atoms with Crippen LogP contribution in [-0.2, 0) is 0 Å². The lowest BCUT2D eigenvalue weighted by molar-refractivity contribution is 0.0637. The number of likely N-dealkylation sites (N-methyl/N-ethyl adjacent to an activating group) is 1. The highest BCUT2D eigenvalue weighted by Gasteiger charge is 2.35. The van der Waals surface area contributed by atoms with Crippen LogP contribution >= 0.6 is 0 Å². The van der Waals surface area contributed by atoms with Gasteiger partial charge in [-0.15, -0.1) is 0 Å². The first kappa shape index (κ1) is 16.3. The maximum atomic E-state index is 6.02. The molecule has 1 aliphatic heterocycles. The summed E-state index contributed by atoms with van der Waals surface area (Å²) >= 11 is 0. The molecule has 3 heteroatoms. The van der Waals surface area contributed by atoms with Crippen LogP contribution in [0.25, 0.3) is 0 Å². The first-order chi connectivity index (χ1) is 10.1. The first-order valence-corrected chi connectivity index (χ1v) is 8.23. The molecule has 21 heavy (non-hydrogen) atoms. The van der Waals surface area contributed by atoms with E-state index in [0.717, 1.165) is 25.3 Å². The van der Waals surface area contributed by atoms with E-state index in [1.54, 1.807) is 0 Å². The van der Waals surface area contributed by atoms with Crippen LogP contribution in [0.2, 0.25) is 0 Å². The van der Waals surface area contributed by atoms with Crippen molar-refractivity contribution in [2.45, 2.75) is 52.2 Å². The number of fused-ring (bicyclic) bond motifs is 1. The monoisotopic (exact) mass is 290 g/mol. The molecular weight excluding hydrogens is 260 g/mol. The van der Waals surface area contributed by atoms with E-state index in [9.17, 15) is 0 Å². The van der Waals surface area contributed by atoms with Crippen molar-refractivity contribution in [3.63, 3.8) is 0 Å². The van der Waals surface area contributed by atoms with E-state index in [-0.39, 0.29) is 0 Å². The summed E-state index contributed by atoms with van der Waals surface area (Å²) in [6, 6.07) is 9.70. The van der Waals surface area contributed by atoms with Gasteiger partial charge in [-0.3, -0.25) is 4.90 Å². The molecule has 3 atom stereocenters. The highest BCUT2D eigenvalue weighted by molar-refractivity contribution is 5.38. The van der Waals surface area contributed by atoms with Crippen LogP contribution in [0.15, 0.2) is 24.3 Å². The van der Waals surface area contributed by atoms with Gasteiger partial charge in [0.15, 0.2) is 0 Å². The molecule has 0 fully saturated rings. The minimum Gasteiger partial charge on any atom is -0.492 e. The molecule has 1 aromatic carbocycles. The Balaban J connectivity index is 2.24. The SMILES string of the molecule is CCCNC1c2ccccc2OCC1N(C)C(C)C(C)C. The second kappa shape index (κ2) is 7.28. The number of para-hydroxylation sites is 1. The van der Waals surface area contributed by atoms with Crippen molar-refractivity contribution in [1.29, 1.82) is 0 Å². The van der Waals surface area contributed by atoms with Crippen molar-refractivity contribution >= 4 is 0 Å². The maximum Gasteiger partial charge on any atom is 0.124 e. The molecule has 1 N–H and O–H groups in total. The lowest BCUT2D eigenvalue weighted by atomic mass is 9.92. The number of hydrogen-bond donors (Lipinski definition) is 1. The number of rotatable bonds is 6. The Hall–Kier alpha value is -1.06. The van der Waals surface area contributed by atoms with Crippen molar-refractivity contribution in [3.8, 4) is 5.75 Å². The van der Waals surface area contributed by atoms with E-state index in [0.29, 0.717) is 24.0 Å². The minimum absolute atomic E-state index is 0.348. The van der Waals surface area contributed by atoms with E-state index in [1.165, 1.54) is 5.56 Å². The maximum absolute atomic E-state index is 6.02. The Morgan fingerprint density at radius 3 is 2.67 bits per heavy atom. The van der Waals surface area contributed by atoms with Gasteiger partial charge >= 0.3 is 0 Å². The molecule has 3 unspecified atom stereocenters. The average molecular weight is 290 g/mol. The molecule has 0 spiro atoms. The Bertz CT molecular complexity index is 447. The summed E-state index contributed by atoms with van der Waals surface area (Å²) in [4.78, 5) is 2.48. The van der Waals surface area contributed by atoms with E-state index in [1.807, 2.05) is 0 Å². The molecule has 0 aliphatic carbocycles. The first-order valence-electron chi connectivity index (χ1n) is 8.23. The second-order valence-corrected chi connectivity index (χ2v) is 6.50. The molecule has 0 radical (unpaired) electrons. The van der Waals surface area contributed by atoms with Crippen LogP contribution in [0.1, 0.15) is 45.7 Å². The largest absolute Gasteiger partial charge is 0.492 e.